The van der Waals surface area contributed by atoms with E-state index in [4.69, 9.17) is 39.9 Å². The molecule has 0 fully saturated rings. The van der Waals surface area contributed by atoms with Crippen molar-refractivity contribution < 1.29 is 9.90 Å². The molecule has 0 bridgehead atoms. The van der Waals surface area contributed by atoms with Gasteiger partial charge in [-0.1, -0.05) is 23.7 Å². The molecule has 0 aliphatic carbocycles. The van der Waals surface area contributed by atoms with Crippen LogP contribution in [0.5, 0.6) is 0 Å². The van der Waals surface area contributed by atoms with E-state index in [1.807, 2.05) is 12.1 Å². The molecule has 0 radical (unpaired) electrons. The van der Waals surface area contributed by atoms with Gasteiger partial charge in [0.25, 0.3) is 0 Å². The zero-order chi connectivity index (χ0) is 18.2. The Hall–Kier alpha value is -2.48. The van der Waals surface area contributed by atoms with E-state index in [1.54, 1.807) is 18.2 Å². The van der Waals surface area contributed by atoms with Gasteiger partial charge in [0.05, 0.1) is 16.3 Å². The van der Waals surface area contributed by atoms with Crippen molar-refractivity contribution in [3.63, 3.8) is 0 Å². The van der Waals surface area contributed by atoms with Crippen LogP contribution in [0.3, 0.4) is 0 Å². The zero-order valence-corrected chi connectivity index (χ0v) is 14.7. The molecular weight excluding hydrogens is 389 g/mol. The average molecular weight is 399 g/mol. The molecular formula is C15H10Cl3N5O2. The summed E-state index contributed by atoms with van der Waals surface area (Å²) >= 11 is 17.2. The van der Waals surface area contributed by atoms with Crippen molar-refractivity contribution in [2.45, 2.75) is 0 Å². The van der Waals surface area contributed by atoms with E-state index >= 15 is 0 Å². The lowest BCUT2D eigenvalue weighted by atomic mass is 10.3. The topological polar surface area (TPSA) is 101 Å². The molecule has 3 rings (SSSR count). The summed E-state index contributed by atoms with van der Waals surface area (Å²) in [4.78, 5) is 25.1. The number of hydrogen-bond acceptors (Lipinski definition) is 6. The highest BCUT2D eigenvalue weighted by Gasteiger charge is 2.05. The first-order valence-electron chi connectivity index (χ1n) is 6.67. The molecule has 0 atom stereocenters. The lowest BCUT2D eigenvalue weighted by Gasteiger charge is -2.06. The first-order chi connectivity index (χ1) is 12.0. The third-order valence-corrected chi connectivity index (χ3v) is 3.28. The largest absolute Gasteiger partial charge is 0.478 e. The summed E-state index contributed by atoms with van der Waals surface area (Å²) in [5.41, 5.74) is 0.889. The number of rotatable bonds is 3. The van der Waals surface area contributed by atoms with Crippen molar-refractivity contribution in [2.75, 3.05) is 5.32 Å². The summed E-state index contributed by atoms with van der Waals surface area (Å²) in [6, 6.07) is 10.3. The molecule has 7 nitrogen and oxygen atoms in total. The SMILES string of the molecule is Clc1nc(Cl)nc(Nc2ccccc2Cl)n1.O=C(O)c1cccnc1. The van der Waals surface area contributed by atoms with Gasteiger partial charge >= 0.3 is 5.97 Å². The van der Waals surface area contributed by atoms with E-state index in [9.17, 15) is 4.79 Å². The lowest BCUT2D eigenvalue weighted by Crippen LogP contribution is -1.99. The first kappa shape index (κ1) is 18.9. The van der Waals surface area contributed by atoms with Crippen LogP contribution in [0.25, 0.3) is 0 Å². The van der Waals surface area contributed by atoms with Gasteiger partial charge in [-0.3, -0.25) is 4.98 Å². The number of nitrogens with zero attached hydrogens (tertiary/aromatic N) is 4. The van der Waals surface area contributed by atoms with Crippen molar-refractivity contribution >= 4 is 52.4 Å². The third-order valence-electron chi connectivity index (χ3n) is 2.61. The molecule has 25 heavy (non-hydrogen) atoms. The number of pyridine rings is 1. The fourth-order valence-corrected chi connectivity index (χ4v) is 2.10. The molecule has 0 amide bonds. The number of benzene rings is 1. The van der Waals surface area contributed by atoms with Crippen LogP contribution < -0.4 is 5.32 Å². The number of carboxylic acids is 1. The van der Waals surface area contributed by atoms with Gasteiger partial charge < -0.3 is 10.4 Å². The first-order valence-corrected chi connectivity index (χ1v) is 7.81. The zero-order valence-electron chi connectivity index (χ0n) is 12.4. The van der Waals surface area contributed by atoms with Gasteiger partial charge in [-0.15, -0.1) is 0 Å². The molecule has 0 aliphatic rings. The van der Waals surface area contributed by atoms with Crippen LogP contribution in [0.15, 0.2) is 48.8 Å². The second-order valence-corrected chi connectivity index (χ2v) is 5.43. The number of anilines is 2. The van der Waals surface area contributed by atoms with Crippen LogP contribution in [0.2, 0.25) is 15.6 Å². The van der Waals surface area contributed by atoms with Gasteiger partial charge in [0.1, 0.15) is 0 Å². The van der Waals surface area contributed by atoms with E-state index in [-0.39, 0.29) is 22.1 Å². The summed E-state index contributed by atoms with van der Waals surface area (Å²) in [7, 11) is 0. The minimum Gasteiger partial charge on any atom is -0.478 e. The Labute approximate surface area is 157 Å². The predicted octanol–water partition coefficient (Wildman–Crippen LogP) is 4.36. The van der Waals surface area contributed by atoms with E-state index in [1.165, 1.54) is 18.5 Å². The molecule has 0 spiro atoms. The molecule has 2 aromatic heterocycles. The maximum Gasteiger partial charge on any atom is 0.337 e. The Balaban J connectivity index is 0.000000212. The van der Waals surface area contributed by atoms with Gasteiger partial charge in [0.15, 0.2) is 0 Å². The quantitative estimate of drug-likeness (QED) is 0.676. The van der Waals surface area contributed by atoms with Crippen LogP contribution in [0, 0.1) is 0 Å². The molecule has 0 saturated heterocycles. The fraction of sp³-hybridized carbons (Fsp3) is 0. The van der Waals surface area contributed by atoms with Crippen LogP contribution >= 0.6 is 34.8 Å². The molecule has 0 aliphatic heterocycles. The van der Waals surface area contributed by atoms with Gasteiger partial charge in [-0.05, 0) is 47.5 Å². The van der Waals surface area contributed by atoms with E-state index in [0.717, 1.165) is 0 Å². The van der Waals surface area contributed by atoms with Crippen LogP contribution in [0.1, 0.15) is 10.4 Å². The number of carbonyl (C=O) groups is 1. The van der Waals surface area contributed by atoms with Crippen LogP contribution in [0.4, 0.5) is 11.6 Å². The molecule has 0 saturated carbocycles. The number of nitrogens with one attached hydrogen (secondary N) is 1. The Morgan fingerprint density at radius 3 is 2.16 bits per heavy atom. The van der Waals surface area contributed by atoms with E-state index in [0.29, 0.717) is 10.7 Å². The number of hydrogen-bond donors (Lipinski definition) is 2. The Kier molecular flexibility index (Phi) is 6.88. The number of para-hydroxylation sites is 1. The maximum atomic E-state index is 10.2. The maximum absolute atomic E-state index is 10.2. The highest BCUT2D eigenvalue weighted by molar-refractivity contribution is 6.33. The summed E-state index contributed by atoms with van der Waals surface area (Å²) in [5, 5.41) is 11.8. The van der Waals surface area contributed by atoms with Gasteiger partial charge in [-0.2, -0.15) is 15.0 Å². The molecule has 128 valence electrons. The van der Waals surface area contributed by atoms with Crippen LogP contribution in [-0.2, 0) is 0 Å². The molecule has 2 N–H and O–H groups in total. The van der Waals surface area contributed by atoms with Crippen molar-refractivity contribution in [2.24, 2.45) is 0 Å². The van der Waals surface area contributed by atoms with Crippen LogP contribution in [-0.4, -0.2) is 31.0 Å². The smallest absolute Gasteiger partial charge is 0.337 e. The van der Waals surface area contributed by atoms with E-state index in [2.05, 4.69) is 25.3 Å². The Bertz CT molecular complexity index is 845. The van der Waals surface area contributed by atoms with Crippen molar-refractivity contribution in [1.29, 1.82) is 0 Å². The number of carboxylic acid groups (broad SMARTS) is 1. The molecule has 10 heteroatoms. The van der Waals surface area contributed by atoms with Crippen molar-refractivity contribution in [3.05, 3.63) is 69.9 Å². The van der Waals surface area contributed by atoms with Crippen molar-refractivity contribution in [3.8, 4) is 0 Å². The number of aromatic carboxylic acids is 1. The van der Waals surface area contributed by atoms with Crippen molar-refractivity contribution in [1.82, 2.24) is 19.9 Å². The second kappa shape index (κ2) is 9.12. The van der Waals surface area contributed by atoms with Gasteiger partial charge in [-0.25, -0.2) is 4.79 Å². The fourth-order valence-electron chi connectivity index (χ4n) is 1.55. The molecule has 1 aromatic carbocycles. The standard InChI is InChI=1S/C9H5Cl3N4.C6H5NO2/c10-5-3-1-2-4-6(5)13-9-15-7(11)14-8(12)16-9;8-6(9)5-2-1-3-7-4-5/h1-4H,(H,13,14,15,16);1-4H,(H,8,9). The second-order valence-electron chi connectivity index (χ2n) is 4.35. The molecule has 2 heterocycles. The number of halogens is 3. The summed E-state index contributed by atoms with van der Waals surface area (Å²) in [5.74, 6) is -0.693. The monoisotopic (exact) mass is 397 g/mol. The van der Waals surface area contributed by atoms with Gasteiger partial charge in [0.2, 0.25) is 16.5 Å². The predicted molar refractivity (Wildman–Crippen MR) is 95.8 cm³/mol. The minimum atomic E-state index is -0.942. The van der Waals surface area contributed by atoms with E-state index < -0.39 is 5.97 Å². The Morgan fingerprint density at radius 2 is 1.64 bits per heavy atom. The Morgan fingerprint density at radius 1 is 0.960 bits per heavy atom. The number of aromatic nitrogens is 4. The summed E-state index contributed by atoms with van der Waals surface area (Å²) in [6.45, 7) is 0. The highest BCUT2D eigenvalue weighted by Crippen LogP contribution is 2.23. The third kappa shape index (κ3) is 6.15. The average Bonchev–Trinajstić information content (AvgIpc) is 2.57. The van der Waals surface area contributed by atoms with Gasteiger partial charge in [0, 0.05) is 12.4 Å². The molecule has 3 aromatic rings. The minimum absolute atomic E-state index is 0.0227. The lowest BCUT2D eigenvalue weighted by molar-refractivity contribution is 0.0696. The highest BCUT2D eigenvalue weighted by atomic mass is 35.5. The summed E-state index contributed by atoms with van der Waals surface area (Å²) < 4.78 is 0. The molecule has 0 unspecified atom stereocenters. The summed E-state index contributed by atoms with van der Waals surface area (Å²) in [6.07, 6.45) is 2.84. The normalized spacial score (nSPS) is 9.72.